The second kappa shape index (κ2) is 5.72. The third kappa shape index (κ3) is 2.95. The van der Waals surface area contributed by atoms with E-state index in [0.29, 0.717) is 0 Å². The van der Waals surface area contributed by atoms with Crippen LogP contribution in [0, 0.1) is 0 Å². The van der Waals surface area contributed by atoms with E-state index in [1.807, 2.05) is 33.0 Å². The molecule has 1 fully saturated rings. The number of aromatic nitrogens is 3. The van der Waals surface area contributed by atoms with Gasteiger partial charge in [0.2, 0.25) is 0 Å². The number of fused-ring (bicyclic) bond motifs is 1. The quantitative estimate of drug-likeness (QED) is 0.889. The Morgan fingerprint density at radius 3 is 2.65 bits per heavy atom. The molecule has 0 saturated carbocycles. The van der Waals surface area contributed by atoms with Crippen molar-refractivity contribution in [3.8, 4) is 0 Å². The van der Waals surface area contributed by atoms with Crippen molar-refractivity contribution in [2.45, 2.75) is 45.2 Å². The molecule has 0 spiro atoms. The maximum atomic E-state index is 11.6. The van der Waals surface area contributed by atoms with Gasteiger partial charge in [-0.25, -0.2) is 14.8 Å². The molecule has 0 aliphatic carbocycles. The van der Waals surface area contributed by atoms with Gasteiger partial charge in [-0.05, 0) is 39.7 Å². The van der Waals surface area contributed by atoms with Gasteiger partial charge in [-0.15, -0.1) is 0 Å². The van der Waals surface area contributed by atoms with E-state index in [0.717, 1.165) is 42.8 Å². The fourth-order valence-corrected chi connectivity index (χ4v) is 3.44. The number of hydrogen-bond donors (Lipinski definition) is 2. The van der Waals surface area contributed by atoms with Gasteiger partial charge in [0.1, 0.15) is 17.8 Å². The van der Waals surface area contributed by atoms with Crippen LogP contribution in [0.15, 0.2) is 18.6 Å². The Hall–Kier alpha value is -2.31. The van der Waals surface area contributed by atoms with Crippen LogP contribution in [0.1, 0.15) is 33.6 Å². The molecule has 1 aliphatic rings. The van der Waals surface area contributed by atoms with E-state index < -0.39 is 6.09 Å². The van der Waals surface area contributed by atoms with Crippen LogP contribution in [0.4, 0.5) is 10.6 Å². The second-order valence-electron chi connectivity index (χ2n) is 6.98. The fourth-order valence-electron chi connectivity index (χ4n) is 3.44. The van der Waals surface area contributed by atoms with E-state index in [1.165, 1.54) is 0 Å². The molecule has 2 aromatic rings. The summed E-state index contributed by atoms with van der Waals surface area (Å²) in [5.74, 6) is 0.923. The number of nitrogens with one attached hydrogen (secondary N) is 1. The number of piperidine rings is 1. The summed E-state index contributed by atoms with van der Waals surface area (Å²) < 4.78 is 0. The number of hydrogen-bond acceptors (Lipinski definition) is 4. The highest BCUT2D eigenvalue weighted by Crippen LogP contribution is 2.29. The molecule has 3 rings (SSSR count). The Morgan fingerprint density at radius 2 is 2.04 bits per heavy atom. The molecule has 2 N–H and O–H groups in total. The van der Waals surface area contributed by atoms with E-state index in [-0.39, 0.29) is 11.6 Å². The van der Waals surface area contributed by atoms with Gasteiger partial charge in [-0.1, -0.05) is 0 Å². The molecule has 0 bridgehead atoms. The Morgan fingerprint density at radius 1 is 1.35 bits per heavy atom. The zero-order valence-electron chi connectivity index (χ0n) is 13.8. The summed E-state index contributed by atoms with van der Waals surface area (Å²) in [4.78, 5) is 27.2. The number of rotatable bonds is 2. The van der Waals surface area contributed by atoms with Crippen LogP contribution in [0.5, 0.6) is 0 Å². The number of H-pyrrole nitrogens is 1. The van der Waals surface area contributed by atoms with Gasteiger partial charge in [0, 0.05) is 30.9 Å². The molecule has 1 aliphatic heterocycles. The van der Waals surface area contributed by atoms with Crippen molar-refractivity contribution in [3.05, 3.63) is 18.6 Å². The Bertz CT molecular complexity index is 698. The highest BCUT2D eigenvalue weighted by Gasteiger charge is 2.35. The van der Waals surface area contributed by atoms with Crippen LogP contribution >= 0.6 is 0 Å². The first-order chi connectivity index (χ1) is 10.9. The lowest BCUT2D eigenvalue weighted by Gasteiger charge is -2.43. The maximum Gasteiger partial charge on any atom is 0.407 e. The van der Waals surface area contributed by atoms with Crippen LogP contribution in [0.3, 0.4) is 0 Å². The SMILES string of the molecule is CC(C)(C)N(C(=O)O)C1CCN(c2ncnc3[nH]ccc23)CC1. The van der Waals surface area contributed by atoms with Crippen LogP contribution in [0.25, 0.3) is 11.0 Å². The Labute approximate surface area is 135 Å². The minimum absolute atomic E-state index is 0.0484. The Balaban J connectivity index is 1.76. The van der Waals surface area contributed by atoms with Crippen molar-refractivity contribution in [3.63, 3.8) is 0 Å². The Kier molecular flexibility index (Phi) is 3.87. The molecule has 7 nitrogen and oxygen atoms in total. The first-order valence-corrected chi connectivity index (χ1v) is 7.93. The molecule has 7 heteroatoms. The monoisotopic (exact) mass is 317 g/mol. The molecule has 2 aromatic heterocycles. The smallest absolute Gasteiger partial charge is 0.407 e. The number of carboxylic acid groups (broad SMARTS) is 1. The summed E-state index contributed by atoms with van der Waals surface area (Å²) in [5, 5.41) is 10.6. The normalized spacial score (nSPS) is 16.7. The summed E-state index contributed by atoms with van der Waals surface area (Å²) in [7, 11) is 0. The standard InChI is InChI=1S/C16H23N5O2/c1-16(2,3)21(15(22)23)11-5-8-20(9-6-11)14-12-4-7-17-13(12)18-10-19-14/h4,7,10-11H,5-6,8-9H2,1-3H3,(H,22,23)(H,17,18,19). The summed E-state index contributed by atoms with van der Waals surface area (Å²) in [6.07, 6.45) is 4.20. The highest BCUT2D eigenvalue weighted by molar-refractivity contribution is 5.87. The first-order valence-electron chi connectivity index (χ1n) is 7.93. The van der Waals surface area contributed by atoms with Gasteiger partial charge < -0.3 is 19.9 Å². The predicted molar refractivity (Wildman–Crippen MR) is 88.7 cm³/mol. The minimum Gasteiger partial charge on any atom is -0.465 e. The topological polar surface area (TPSA) is 85.3 Å². The summed E-state index contributed by atoms with van der Waals surface area (Å²) >= 11 is 0. The number of amides is 1. The van der Waals surface area contributed by atoms with Crippen LogP contribution in [0.2, 0.25) is 0 Å². The van der Waals surface area contributed by atoms with E-state index >= 15 is 0 Å². The number of anilines is 1. The average Bonchev–Trinajstić information content (AvgIpc) is 2.94. The van der Waals surface area contributed by atoms with Crippen LogP contribution < -0.4 is 4.90 Å². The molecule has 23 heavy (non-hydrogen) atoms. The van der Waals surface area contributed by atoms with E-state index in [9.17, 15) is 9.90 Å². The summed E-state index contributed by atoms with van der Waals surface area (Å²) in [6.45, 7) is 7.42. The zero-order chi connectivity index (χ0) is 16.6. The molecule has 1 amide bonds. The van der Waals surface area contributed by atoms with Gasteiger partial charge in [-0.3, -0.25) is 0 Å². The van der Waals surface area contributed by atoms with E-state index in [2.05, 4.69) is 19.9 Å². The average molecular weight is 317 g/mol. The van der Waals surface area contributed by atoms with Gasteiger partial charge >= 0.3 is 6.09 Å². The number of nitrogens with zero attached hydrogens (tertiary/aromatic N) is 4. The third-order valence-electron chi connectivity index (χ3n) is 4.39. The summed E-state index contributed by atoms with van der Waals surface area (Å²) in [5.41, 5.74) is 0.445. The van der Waals surface area contributed by atoms with E-state index in [1.54, 1.807) is 11.2 Å². The number of aromatic amines is 1. The zero-order valence-corrected chi connectivity index (χ0v) is 13.8. The maximum absolute atomic E-state index is 11.6. The van der Waals surface area contributed by atoms with Crippen molar-refractivity contribution in [2.24, 2.45) is 0 Å². The van der Waals surface area contributed by atoms with E-state index in [4.69, 9.17) is 0 Å². The lowest BCUT2D eigenvalue weighted by Crippen LogP contribution is -2.54. The first kappa shape index (κ1) is 15.6. The second-order valence-corrected chi connectivity index (χ2v) is 6.98. The van der Waals surface area contributed by atoms with Crippen LogP contribution in [-0.4, -0.2) is 55.7 Å². The van der Waals surface area contributed by atoms with Gasteiger partial charge in [0.05, 0.1) is 5.39 Å². The van der Waals surface area contributed by atoms with Gasteiger partial charge in [0.15, 0.2) is 0 Å². The molecule has 1 saturated heterocycles. The molecule has 0 aromatic carbocycles. The number of carbonyl (C=O) groups is 1. The molecule has 0 atom stereocenters. The lowest BCUT2D eigenvalue weighted by molar-refractivity contribution is 0.0616. The van der Waals surface area contributed by atoms with Crippen molar-refractivity contribution >= 4 is 22.9 Å². The molecule has 3 heterocycles. The molecule has 0 unspecified atom stereocenters. The van der Waals surface area contributed by atoms with Crippen molar-refractivity contribution < 1.29 is 9.90 Å². The van der Waals surface area contributed by atoms with Crippen molar-refractivity contribution in [1.82, 2.24) is 19.9 Å². The molecule has 0 radical (unpaired) electrons. The fraction of sp³-hybridized carbons (Fsp3) is 0.562. The van der Waals surface area contributed by atoms with Crippen molar-refractivity contribution in [1.29, 1.82) is 0 Å². The molecule has 124 valence electrons. The van der Waals surface area contributed by atoms with Crippen LogP contribution in [-0.2, 0) is 0 Å². The lowest BCUT2D eigenvalue weighted by atomic mass is 9.97. The molecular formula is C16H23N5O2. The van der Waals surface area contributed by atoms with Gasteiger partial charge in [-0.2, -0.15) is 0 Å². The minimum atomic E-state index is -0.842. The van der Waals surface area contributed by atoms with Gasteiger partial charge in [0.25, 0.3) is 0 Å². The van der Waals surface area contributed by atoms with Crippen molar-refractivity contribution in [2.75, 3.05) is 18.0 Å². The third-order valence-corrected chi connectivity index (χ3v) is 4.39. The predicted octanol–water partition coefficient (Wildman–Crippen LogP) is 2.71. The highest BCUT2D eigenvalue weighted by atomic mass is 16.4. The molecular weight excluding hydrogens is 294 g/mol. The largest absolute Gasteiger partial charge is 0.465 e. The summed E-state index contributed by atoms with van der Waals surface area (Å²) in [6, 6.07) is 2.03.